The van der Waals surface area contributed by atoms with Gasteiger partial charge in [0.2, 0.25) is 0 Å². The molecule has 0 spiro atoms. The number of carbonyl (C=O) groups is 1. The molecule has 0 aromatic heterocycles. The Balaban J connectivity index is 1.20. The lowest BCUT2D eigenvalue weighted by Gasteiger charge is -2.32. The zero-order chi connectivity index (χ0) is 20.5. The minimum absolute atomic E-state index is 0.126. The highest BCUT2D eigenvalue weighted by molar-refractivity contribution is 8.18. The van der Waals surface area contributed by atoms with Gasteiger partial charge in [-0.25, -0.2) is 0 Å². The Kier molecular flexibility index (Phi) is 5.35. The monoisotopic (exact) mass is 420 g/mol. The van der Waals surface area contributed by atoms with Crippen molar-refractivity contribution in [3.8, 4) is 5.75 Å². The summed E-state index contributed by atoms with van der Waals surface area (Å²) < 4.78 is 5.77. The van der Waals surface area contributed by atoms with Gasteiger partial charge >= 0.3 is 0 Å². The van der Waals surface area contributed by atoms with Gasteiger partial charge in [0, 0.05) is 12.0 Å². The predicted molar refractivity (Wildman–Crippen MR) is 121 cm³/mol. The number of carbonyl (C=O) groups excluding carboxylic acids is 1. The van der Waals surface area contributed by atoms with Gasteiger partial charge in [0.25, 0.3) is 5.91 Å². The normalized spacial score (nSPS) is 22.9. The molecule has 1 fully saturated rings. The molecule has 0 radical (unpaired) electrons. The summed E-state index contributed by atoms with van der Waals surface area (Å²) in [5.41, 5.74) is 3.63. The van der Waals surface area contributed by atoms with E-state index in [2.05, 4.69) is 53.2 Å². The molecule has 1 N–H and O–H groups in total. The fraction of sp³-hybridized carbons (Fsp3) is 0.333. The number of rotatable bonds is 3. The van der Waals surface area contributed by atoms with Crippen molar-refractivity contribution < 1.29 is 14.4 Å². The number of amidine groups is 1. The highest BCUT2D eigenvalue weighted by atomic mass is 32.2. The van der Waals surface area contributed by atoms with Crippen LogP contribution in [0, 0.1) is 0 Å². The van der Waals surface area contributed by atoms with E-state index >= 15 is 0 Å². The first-order valence-electron chi connectivity index (χ1n) is 10.6. The molecule has 1 saturated heterocycles. The Morgan fingerprint density at radius 2 is 2.00 bits per heavy atom. The zero-order valence-corrected chi connectivity index (χ0v) is 18.0. The molecule has 0 saturated carbocycles. The third-order valence-corrected chi connectivity index (χ3v) is 6.91. The molecule has 2 aromatic carbocycles. The zero-order valence-electron chi connectivity index (χ0n) is 17.1. The molecule has 30 heavy (non-hydrogen) atoms. The van der Waals surface area contributed by atoms with Crippen LogP contribution in [0.3, 0.4) is 0 Å². The van der Waals surface area contributed by atoms with E-state index in [1.807, 2.05) is 18.2 Å². The SMILES string of the molecule is C[C@@H]1Cc2cc(/C=C3\SC(N4CC[NH+](Cc5ccccc5)CC4)=NC3=O)ccc2O1. The largest absolute Gasteiger partial charge is 0.490 e. The summed E-state index contributed by atoms with van der Waals surface area (Å²) >= 11 is 1.51. The van der Waals surface area contributed by atoms with Crippen LogP contribution in [0.2, 0.25) is 0 Å². The summed E-state index contributed by atoms with van der Waals surface area (Å²) in [7, 11) is 0. The number of thioether (sulfide) groups is 1. The van der Waals surface area contributed by atoms with Crippen LogP contribution < -0.4 is 9.64 Å². The molecule has 154 valence electrons. The van der Waals surface area contributed by atoms with Crippen molar-refractivity contribution in [3.05, 3.63) is 70.1 Å². The Hall–Kier alpha value is -2.57. The molecule has 2 aromatic rings. The van der Waals surface area contributed by atoms with Gasteiger partial charge in [0.15, 0.2) is 5.17 Å². The van der Waals surface area contributed by atoms with Gasteiger partial charge in [0.1, 0.15) is 18.4 Å². The molecule has 1 amide bonds. The lowest BCUT2D eigenvalue weighted by atomic mass is 10.1. The second-order valence-electron chi connectivity index (χ2n) is 8.21. The molecule has 6 heteroatoms. The van der Waals surface area contributed by atoms with Gasteiger partial charge in [-0.05, 0) is 48.0 Å². The van der Waals surface area contributed by atoms with Crippen LogP contribution in [-0.2, 0) is 17.8 Å². The molecule has 1 atom stereocenters. The molecule has 0 aliphatic carbocycles. The first kappa shape index (κ1) is 19.4. The highest BCUT2D eigenvalue weighted by Gasteiger charge is 2.30. The van der Waals surface area contributed by atoms with Crippen LogP contribution in [0.4, 0.5) is 0 Å². The Bertz CT molecular complexity index is 1010. The third kappa shape index (κ3) is 4.16. The van der Waals surface area contributed by atoms with E-state index in [1.165, 1.54) is 22.9 Å². The Morgan fingerprint density at radius 3 is 2.80 bits per heavy atom. The number of hydrogen-bond donors (Lipinski definition) is 1. The molecule has 0 bridgehead atoms. The van der Waals surface area contributed by atoms with Crippen molar-refractivity contribution in [1.29, 1.82) is 0 Å². The highest BCUT2D eigenvalue weighted by Crippen LogP contribution is 2.33. The van der Waals surface area contributed by atoms with E-state index in [0.717, 1.165) is 55.6 Å². The van der Waals surface area contributed by atoms with Gasteiger partial charge in [-0.1, -0.05) is 36.4 Å². The summed E-state index contributed by atoms with van der Waals surface area (Å²) in [6.45, 7) is 7.12. The Labute approximate surface area is 181 Å². The van der Waals surface area contributed by atoms with Gasteiger partial charge in [0.05, 0.1) is 31.1 Å². The number of ether oxygens (including phenoxy) is 1. The number of piperazine rings is 1. The van der Waals surface area contributed by atoms with E-state index in [4.69, 9.17) is 4.74 Å². The quantitative estimate of drug-likeness (QED) is 0.775. The average Bonchev–Trinajstić information content (AvgIpc) is 3.30. The van der Waals surface area contributed by atoms with Gasteiger partial charge < -0.3 is 14.5 Å². The number of hydrogen-bond acceptors (Lipinski definition) is 4. The number of nitrogens with zero attached hydrogens (tertiary/aromatic N) is 2. The summed E-state index contributed by atoms with van der Waals surface area (Å²) in [5, 5.41) is 0.850. The maximum atomic E-state index is 12.5. The van der Waals surface area contributed by atoms with Crippen LogP contribution >= 0.6 is 11.8 Å². The first-order valence-corrected chi connectivity index (χ1v) is 11.4. The molecule has 3 heterocycles. The minimum atomic E-state index is -0.126. The van der Waals surface area contributed by atoms with Crippen LogP contribution in [0.1, 0.15) is 23.6 Å². The molecular formula is C24H26N3O2S+. The summed E-state index contributed by atoms with van der Waals surface area (Å²) in [5.74, 6) is 0.835. The van der Waals surface area contributed by atoms with Crippen LogP contribution in [0.25, 0.3) is 6.08 Å². The number of amides is 1. The summed E-state index contributed by atoms with van der Waals surface area (Å²) in [4.78, 5) is 21.4. The Morgan fingerprint density at radius 1 is 1.20 bits per heavy atom. The van der Waals surface area contributed by atoms with Crippen molar-refractivity contribution in [1.82, 2.24) is 4.90 Å². The molecule has 5 nitrogen and oxygen atoms in total. The van der Waals surface area contributed by atoms with Crippen LogP contribution in [0.5, 0.6) is 5.75 Å². The fourth-order valence-electron chi connectivity index (χ4n) is 4.29. The summed E-state index contributed by atoms with van der Waals surface area (Å²) in [6.07, 6.45) is 3.11. The van der Waals surface area contributed by atoms with E-state index in [0.29, 0.717) is 4.91 Å². The molecule has 0 unspecified atom stereocenters. The van der Waals surface area contributed by atoms with Crippen molar-refractivity contribution in [2.45, 2.75) is 26.0 Å². The van der Waals surface area contributed by atoms with Gasteiger partial charge in [-0.15, -0.1) is 0 Å². The van der Waals surface area contributed by atoms with Crippen molar-refractivity contribution in [3.63, 3.8) is 0 Å². The molecular weight excluding hydrogens is 394 g/mol. The molecule has 3 aliphatic heterocycles. The van der Waals surface area contributed by atoms with Crippen LogP contribution in [-0.4, -0.2) is 48.3 Å². The van der Waals surface area contributed by atoms with E-state index < -0.39 is 0 Å². The molecule has 3 aliphatic rings. The smallest absolute Gasteiger partial charge is 0.286 e. The number of benzene rings is 2. The van der Waals surface area contributed by atoms with Crippen molar-refractivity contribution in [2.24, 2.45) is 4.99 Å². The second-order valence-corrected chi connectivity index (χ2v) is 9.22. The van der Waals surface area contributed by atoms with Crippen LogP contribution in [0.15, 0.2) is 58.4 Å². The third-order valence-electron chi connectivity index (χ3n) is 5.87. The number of nitrogens with one attached hydrogen (secondary N) is 1. The van der Waals surface area contributed by atoms with Gasteiger partial charge in [-0.3, -0.25) is 4.79 Å². The van der Waals surface area contributed by atoms with Crippen molar-refractivity contribution >= 4 is 28.9 Å². The molecule has 5 rings (SSSR count). The number of quaternary nitrogens is 1. The van der Waals surface area contributed by atoms with Crippen molar-refractivity contribution in [2.75, 3.05) is 26.2 Å². The topological polar surface area (TPSA) is 46.3 Å². The second kappa shape index (κ2) is 8.28. The number of aliphatic imine (C=N–C) groups is 1. The standard InChI is InChI=1S/C24H25N3O2S/c1-17-13-20-14-19(7-8-21(20)29-17)15-22-23(28)25-24(30-22)27-11-9-26(10-12-27)16-18-5-3-2-4-6-18/h2-8,14-15,17H,9-13,16H2,1H3/p+1/b22-15-/t17-/m1/s1. The fourth-order valence-corrected chi connectivity index (χ4v) is 5.26. The predicted octanol–water partition coefficient (Wildman–Crippen LogP) is 2.38. The van der Waals surface area contributed by atoms with E-state index in [-0.39, 0.29) is 12.0 Å². The number of fused-ring (bicyclic) bond motifs is 1. The lowest BCUT2D eigenvalue weighted by Crippen LogP contribution is -3.13. The summed E-state index contributed by atoms with van der Waals surface area (Å²) in [6, 6.07) is 16.8. The maximum Gasteiger partial charge on any atom is 0.286 e. The van der Waals surface area contributed by atoms with E-state index in [9.17, 15) is 4.79 Å². The minimum Gasteiger partial charge on any atom is -0.490 e. The average molecular weight is 421 g/mol. The van der Waals surface area contributed by atoms with Gasteiger partial charge in [-0.2, -0.15) is 4.99 Å². The first-order chi connectivity index (χ1) is 14.6. The van der Waals surface area contributed by atoms with E-state index in [1.54, 1.807) is 4.90 Å². The lowest BCUT2D eigenvalue weighted by molar-refractivity contribution is -0.917. The maximum absolute atomic E-state index is 12.5.